The minimum absolute atomic E-state index is 0.0868. The Morgan fingerprint density at radius 3 is 2.85 bits per heavy atom. The van der Waals surface area contributed by atoms with Gasteiger partial charge in [-0.3, -0.25) is 9.69 Å². The average Bonchev–Trinajstić information content (AvgIpc) is 2.87. The number of nitrogens with two attached hydrogens (primary N) is 1. The molecule has 20 heavy (non-hydrogen) atoms. The fourth-order valence-corrected chi connectivity index (χ4v) is 2.80. The first kappa shape index (κ1) is 15.0. The highest BCUT2D eigenvalue weighted by molar-refractivity contribution is 5.94. The first-order valence-corrected chi connectivity index (χ1v) is 7.17. The minimum atomic E-state index is 0.0868. The van der Waals surface area contributed by atoms with E-state index < -0.39 is 0 Å². The predicted octanol–water partition coefficient (Wildman–Crippen LogP) is 2.07. The van der Waals surface area contributed by atoms with Gasteiger partial charge in [0.2, 0.25) is 0 Å². The molecule has 1 aromatic carbocycles. The van der Waals surface area contributed by atoms with Crippen LogP contribution < -0.4 is 10.5 Å². The lowest BCUT2D eigenvalue weighted by molar-refractivity contribution is 0.101. The molecule has 1 heterocycles. The van der Waals surface area contributed by atoms with Gasteiger partial charge in [0.15, 0.2) is 5.78 Å². The van der Waals surface area contributed by atoms with Crippen LogP contribution in [-0.2, 0) is 6.54 Å². The van der Waals surface area contributed by atoms with Crippen LogP contribution in [0.1, 0.15) is 36.2 Å². The molecule has 110 valence electrons. The Labute approximate surface area is 120 Å². The summed E-state index contributed by atoms with van der Waals surface area (Å²) in [7, 11) is 1.67. The third-order valence-corrected chi connectivity index (χ3v) is 4.13. The lowest BCUT2D eigenvalue weighted by atomic mass is 10.0. The summed E-state index contributed by atoms with van der Waals surface area (Å²) in [6.07, 6.45) is 1.15. The Hall–Kier alpha value is -1.39. The Bertz CT molecular complexity index is 485. The second-order valence-corrected chi connectivity index (χ2v) is 5.73. The molecule has 1 saturated heterocycles. The molecule has 2 atom stereocenters. The van der Waals surface area contributed by atoms with Crippen LogP contribution >= 0.6 is 0 Å². The van der Waals surface area contributed by atoms with Gasteiger partial charge in [-0.05, 0) is 50.9 Å². The van der Waals surface area contributed by atoms with Crippen molar-refractivity contribution in [2.24, 2.45) is 11.7 Å². The number of rotatable bonds is 5. The van der Waals surface area contributed by atoms with Gasteiger partial charge in [0.05, 0.1) is 7.11 Å². The van der Waals surface area contributed by atoms with Crippen molar-refractivity contribution in [3.63, 3.8) is 0 Å². The van der Waals surface area contributed by atoms with Crippen LogP contribution in [0.3, 0.4) is 0 Å². The number of ketones is 1. The fraction of sp³-hybridized carbons (Fsp3) is 0.562. The molecule has 2 N–H and O–H groups in total. The van der Waals surface area contributed by atoms with Gasteiger partial charge in [-0.25, -0.2) is 0 Å². The number of ether oxygens (including phenoxy) is 1. The van der Waals surface area contributed by atoms with E-state index >= 15 is 0 Å². The maximum atomic E-state index is 11.5. The van der Waals surface area contributed by atoms with E-state index in [0.717, 1.165) is 42.9 Å². The van der Waals surface area contributed by atoms with E-state index in [4.69, 9.17) is 10.5 Å². The zero-order valence-corrected chi connectivity index (χ0v) is 12.6. The fourth-order valence-electron chi connectivity index (χ4n) is 2.80. The molecule has 0 radical (unpaired) electrons. The molecule has 0 amide bonds. The van der Waals surface area contributed by atoms with Gasteiger partial charge in [-0.1, -0.05) is 0 Å². The van der Waals surface area contributed by atoms with Gasteiger partial charge in [-0.15, -0.1) is 0 Å². The standard InChI is InChI=1S/C16H24N2O2/c1-11(17)14-6-7-18(9-14)10-15-8-13(12(2)19)4-5-16(15)20-3/h4-5,8,11,14H,6-7,9-10,17H2,1-3H3. The third kappa shape index (κ3) is 3.38. The number of benzene rings is 1. The van der Waals surface area contributed by atoms with Crippen molar-refractivity contribution in [1.29, 1.82) is 0 Å². The van der Waals surface area contributed by atoms with Crippen LogP contribution in [0.2, 0.25) is 0 Å². The Balaban J connectivity index is 2.12. The number of nitrogens with zero attached hydrogens (tertiary/aromatic N) is 1. The smallest absolute Gasteiger partial charge is 0.159 e. The zero-order valence-electron chi connectivity index (χ0n) is 12.6. The molecule has 2 unspecified atom stereocenters. The summed E-state index contributed by atoms with van der Waals surface area (Å²) in [6.45, 7) is 6.55. The Morgan fingerprint density at radius 1 is 1.55 bits per heavy atom. The number of hydrogen-bond donors (Lipinski definition) is 1. The van der Waals surface area contributed by atoms with E-state index in [1.165, 1.54) is 0 Å². The molecular formula is C16H24N2O2. The van der Waals surface area contributed by atoms with Crippen LogP contribution in [-0.4, -0.2) is 36.9 Å². The summed E-state index contributed by atoms with van der Waals surface area (Å²) in [4.78, 5) is 13.9. The largest absolute Gasteiger partial charge is 0.496 e. The summed E-state index contributed by atoms with van der Waals surface area (Å²) >= 11 is 0. The second-order valence-electron chi connectivity index (χ2n) is 5.73. The topological polar surface area (TPSA) is 55.6 Å². The van der Waals surface area contributed by atoms with Crippen LogP contribution in [0.15, 0.2) is 18.2 Å². The maximum Gasteiger partial charge on any atom is 0.159 e. The van der Waals surface area contributed by atoms with Crippen LogP contribution in [0.4, 0.5) is 0 Å². The molecule has 1 aromatic rings. The number of Topliss-reactive ketones (excluding diaryl/α,β-unsaturated/α-hetero) is 1. The molecule has 0 saturated carbocycles. The molecule has 1 aliphatic heterocycles. The summed E-state index contributed by atoms with van der Waals surface area (Å²) in [5.74, 6) is 1.50. The SMILES string of the molecule is COc1ccc(C(C)=O)cc1CN1CCC(C(C)N)C1. The first-order chi connectivity index (χ1) is 9.51. The van der Waals surface area contributed by atoms with E-state index in [1.54, 1.807) is 14.0 Å². The van der Waals surface area contributed by atoms with Crippen molar-refractivity contribution < 1.29 is 9.53 Å². The second kappa shape index (κ2) is 6.37. The Morgan fingerprint density at radius 2 is 2.30 bits per heavy atom. The van der Waals surface area contributed by atoms with Gasteiger partial charge in [0.1, 0.15) is 5.75 Å². The number of carbonyl (C=O) groups excluding carboxylic acids is 1. The van der Waals surface area contributed by atoms with Gasteiger partial charge >= 0.3 is 0 Å². The molecule has 4 heteroatoms. The number of methoxy groups -OCH3 is 1. The van der Waals surface area contributed by atoms with E-state index in [1.807, 2.05) is 18.2 Å². The van der Waals surface area contributed by atoms with Gasteiger partial charge < -0.3 is 10.5 Å². The average molecular weight is 276 g/mol. The molecule has 0 bridgehead atoms. The summed E-state index contributed by atoms with van der Waals surface area (Å²) in [5.41, 5.74) is 7.79. The van der Waals surface area contributed by atoms with Crippen molar-refractivity contribution in [2.45, 2.75) is 32.9 Å². The van der Waals surface area contributed by atoms with Gasteiger partial charge in [0, 0.05) is 30.3 Å². The highest BCUT2D eigenvalue weighted by Crippen LogP contribution is 2.26. The van der Waals surface area contributed by atoms with Gasteiger partial charge in [-0.2, -0.15) is 0 Å². The summed E-state index contributed by atoms with van der Waals surface area (Å²) in [5, 5.41) is 0. The van der Waals surface area contributed by atoms with Crippen LogP contribution in [0, 0.1) is 5.92 Å². The Kier molecular flexibility index (Phi) is 4.78. The quantitative estimate of drug-likeness (QED) is 0.836. The molecule has 0 aliphatic carbocycles. The van der Waals surface area contributed by atoms with E-state index in [-0.39, 0.29) is 11.8 Å². The van der Waals surface area contributed by atoms with Crippen molar-refractivity contribution >= 4 is 5.78 Å². The lowest BCUT2D eigenvalue weighted by Crippen LogP contribution is -2.29. The highest BCUT2D eigenvalue weighted by atomic mass is 16.5. The third-order valence-electron chi connectivity index (χ3n) is 4.13. The van der Waals surface area contributed by atoms with E-state index in [9.17, 15) is 4.79 Å². The van der Waals surface area contributed by atoms with Gasteiger partial charge in [0.25, 0.3) is 0 Å². The molecule has 1 fully saturated rings. The molecule has 0 spiro atoms. The minimum Gasteiger partial charge on any atom is -0.496 e. The summed E-state index contributed by atoms with van der Waals surface area (Å²) in [6, 6.07) is 5.88. The van der Waals surface area contributed by atoms with Crippen molar-refractivity contribution in [3.8, 4) is 5.75 Å². The van der Waals surface area contributed by atoms with Crippen LogP contribution in [0.25, 0.3) is 0 Å². The molecule has 1 aliphatic rings. The predicted molar refractivity (Wildman–Crippen MR) is 80.0 cm³/mol. The molecule has 2 rings (SSSR count). The number of hydrogen-bond acceptors (Lipinski definition) is 4. The lowest BCUT2D eigenvalue weighted by Gasteiger charge is -2.19. The molecular weight excluding hydrogens is 252 g/mol. The molecule has 4 nitrogen and oxygen atoms in total. The maximum absolute atomic E-state index is 11.5. The van der Waals surface area contributed by atoms with Crippen LogP contribution in [0.5, 0.6) is 5.75 Å². The summed E-state index contributed by atoms with van der Waals surface area (Å²) < 4.78 is 5.40. The zero-order chi connectivity index (χ0) is 14.7. The van der Waals surface area contributed by atoms with Crippen molar-refractivity contribution in [1.82, 2.24) is 4.90 Å². The van der Waals surface area contributed by atoms with E-state index in [0.29, 0.717) is 5.92 Å². The normalized spacial score (nSPS) is 20.9. The number of carbonyl (C=O) groups is 1. The monoisotopic (exact) mass is 276 g/mol. The molecule has 0 aromatic heterocycles. The first-order valence-electron chi connectivity index (χ1n) is 7.17. The van der Waals surface area contributed by atoms with Crippen molar-refractivity contribution in [2.75, 3.05) is 20.2 Å². The highest BCUT2D eigenvalue weighted by Gasteiger charge is 2.25. The number of likely N-dealkylation sites (tertiary alicyclic amines) is 1. The van der Waals surface area contributed by atoms with E-state index in [2.05, 4.69) is 11.8 Å². The van der Waals surface area contributed by atoms with Crippen molar-refractivity contribution in [3.05, 3.63) is 29.3 Å².